The molecule has 0 heterocycles. The highest BCUT2D eigenvalue weighted by Gasteiger charge is 2.25. The first-order valence-corrected chi connectivity index (χ1v) is 23.2. The highest BCUT2D eigenvalue weighted by molar-refractivity contribution is 7.47. The summed E-state index contributed by atoms with van der Waals surface area (Å²) in [7, 11) is -4.28. The van der Waals surface area contributed by atoms with Crippen LogP contribution in [-0.2, 0) is 27.9 Å². The van der Waals surface area contributed by atoms with Crippen LogP contribution in [0.1, 0.15) is 219 Å². The van der Waals surface area contributed by atoms with Gasteiger partial charge in [-0.3, -0.25) is 13.8 Å². The minimum atomic E-state index is -4.28. The molecule has 51 heavy (non-hydrogen) atoms. The zero-order valence-electron chi connectivity index (χ0n) is 33.6. The van der Waals surface area contributed by atoms with Gasteiger partial charge in [-0.25, -0.2) is 4.57 Å². The Morgan fingerprint density at radius 1 is 0.588 bits per heavy atom. The number of unbranched alkanes of at least 4 members (excludes halogenated alkanes) is 29. The number of esters is 1. The maximum Gasteiger partial charge on any atom is 0.472 e. The number of nitrogens with two attached hydrogens (primary N) is 1. The Morgan fingerprint density at radius 2 is 0.980 bits per heavy atom. The Bertz CT molecular complexity index is 797. The van der Waals surface area contributed by atoms with E-state index in [0.29, 0.717) is 6.42 Å². The zero-order chi connectivity index (χ0) is 37.4. The number of ether oxygens (including phenoxy) is 2. The summed E-state index contributed by atoms with van der Waals surface area (Å²) < 4.78 is 33.2. The molecule has 0 saturated carbocycles. The molecule has 0 spiro atoms. The first-order valence-electron chi connectivity index (χ1n) is 21.7. The number of phosphoric acid groups is 1. The summed E-state index contributed by atoms with van der Waals surface area (Å²) in [5, 5.41) is 0. The van der Waals surface area contributed by atoms with E-state index in [9.17, 15) is 14.3 Å². The third kappa shape index (κ3) is 40.1. The van der Waals surface area contributed by atoms with Crippen molar-refractivity contribution in [3.8, 4) is 0 Å². The third-order valence-electron chi connectivity index (χ3n) is 9.53. The monoisotopic (exact) mass is 746 g/mol. The lowest BCUT2D eigenvalue weighted by Crippen LogP contribution is -2.27. The van der Waals surface area contributed by atoms with Crippen LogP contribution in [0.25, 0.3) is 0 Å². The number of hydrogen-bond acceptors (Lipinski definition) is 7. The van der Waals surface area contributed by atoms with Crippen molar-refractivity contribution in [1.82, 2.24) is 0 Å². The van der Waals surface area contributed by atoms with Crippen LogP contribution in [0.5, 0.6) is 0 Å². The van der Waals surface area contributed by atoms with E-state index in [0.717, 1.165) is 32.1 Å². The van der Waals surface area contributed by atoms with Gasteiger partial charge in [0.05, 0.1) is 19.5 Å². The minimum absolute atomic E-state index is 0.0385. The van der Waals surface area contributed by atoms with E-state index >= 15 is 0 Å². The highest BCUT2D eigenvalue weighted by Crippen LogP contribution is 2.43. The fourth-order valence-corrected chi connectivity index (χ4v) is 7.08. The van der Waals surface area contributed by atoms with Gasteiger partial charge < -0.3 is 20.1 Å². The molecule has 0 fully saturated rings. The summed E-state index contributed by atoms with van der Waals surface area (Å²) in [5.74, 6) is -0.348. The van der Waals surface area contributed by atoms with Gasteiger partial charge in [-0.05, 0) is 25.3 Å². The van der Waals surface area contributed by atoms with Gasteiger partial charge in [-0.2, -0.15) is 0 Å². The molecule has 3 N–H and O–H groups in total. The van der Waals surface area contributed by atoms with Crippen molar-refractivity contribution in [2.24, 2.45) is 5.73 Å². The van der Waals surface area contributed by atoms with Gasteiger partial charge in [0.25, 0.3) is 0 Å². The molecule has 9 heteroatoms. The fraction of sp³-hybridized carbons (Fsp3) is 0.929. The van der Waals surface area contributed by atoms with E-state index in [1.807, 2.05) is 6.08 Å². The van der Waals surface area contributed by atoms with Gasteiger partial charge in [0.2, 0.25) is 0 Å². The minimum Gasteiger partial charge on any atom is -0.498 e. The molecule has 304 valence electrons. The third-order valence-corrected chi connectivity index (χ3v) is 10.5. The van der Waals surface area contributed by atoms with Crippen LogP contribution in [0, 0.1) is 0 Å². The standard InChI is InChI=1S/C42H84NO7P/c1-3-5-7-9-11-13-15-17-19-21-23-25-27-29-31-33-35-42(44)50-41(40-49-51(45,46)48-38-36-43)39-47-37-34-32-30-28-26-24-22-20-18-16-14-12-10-8-6-4-2/h34,37,41H,3-33,35-36,38-40,43H2,1-2H3,(H,45,46)/b37-34+/t41-/m1/s1. The molecule has 8 nitrogen and oxygen atoms in total. The summed E-state index contributed by atoms with van der Waals surface area (Å²) in [6, 6.07) is 0. The summed E-state index contributed by atoms with van der Waals surface area (Å²) >= 11 is 0. The maximum atomic E-state index is 12.6. The van der Waals surface area contributed by atoms with E-state index in [-0.39, 0.29) is 32.3 Å². The lowest BCUT2D eigenvalue weighted by atomic mass is 10.0. The van der Waals surface area contributed by atoms with Crippen molar-refractivity contribution < 1.29 is 32.8 Å². The van der Waals surface area contributed by atoms with Crippen molar-refractivity contribution in [3.05, 3.63) is 12.3 Å². The molecule has 0 aromatic carbocycles. The van der Waals surface area contributed by atoms with Gasteiger partial charge in [0.1, 0.15) is 6.61 Å². The van der Waals surface area contributed by atoms with Crippen molar-refractivity contribution in [3.63, 3.8) is 0 Å². The van der Waals surface area contributed by atoms with Crippen molar-refractivity contribution >= 4 is 13.8 Å². The van der Waals surface area contributed by atoms with Crippen LogP contribution in [0.2, 0.25) is 0 Å². The molecule has 0 radical (unpaired) electrons. The molecular formula is C42H84NO7P. The highest BCUT2D eigenvalue weighted by atomic mass is 31.2. The number of rotatable bonds is 42. The molecule has 0 rings (SSSR count). The second-order valence-corrected chi connectivity index (χ2v) is 16.1. The number of allylic oxidation sites excluding steroid dienone is 1. The second kappa shape index (κ2) is 40.3. The Kier molecular flexibility index (Phi) is 39.5. The van der Waals surface area contributed by atoms with Crippen LogP contribution < -0.4 is 5.73 Å². The molecule has 0 aromatic heterocycles. The first-order chi connectivity index (χ1) is 24.9. The van der Waals surface area contributed by atoms with Crippen molar-refractivity contribution in [2.45, 2.75) is 225 Å². The topological polar surface area (TPSA) is 117 Å². The van der Waals surface area contributed by atoms with E-state index in [1.54, 1.807) is 6.26 Å². The van der Waals surface area contributed by atoms with Crippen LogP contribution in [0.3, 0.4) is 0 Å². The molecular weight excluding hydrogens is 661 g/mol. The zero-order valence-corrected chi connectivity index (χ0v) is 34.5. The van der Waals surface area contributed by atoms with Crippen molar-refractivity contribution in [2.75, 3.05) is 26.4 Å². The van der Waals surface area contributed by atoms with Gasteiger partial charge in [0, 0.05) is 13.0 Å². The number of hydrogen-bond donors (Lipinski definition) is 2. The lowest BCUT2D eigenvalue weighted by Gasteiger charge is -2.19. The molecule has 0 aliphatic rings. The van der Waals surface area contributed by atoms with E-state index in [1.165, 1.54) is 167 Å². The SMILES string of the molecule is CCCCCCCCCCCCCCCC/C=C/OC[C@H](COP(=O)(O)OCCN)OC(=O)CCCCCCCCCCCCCCCCCC. The number of carbonyl (C=O) groups excluding carboxylic acids is 1. The van der Waals surface area contributed by atoms with Crippen LogP contribution in [0.4, 0.5) is 0 Å². The summed E-state index contributed by atoms with van der Waals surface area (Å²) in [4.78, 5) is 22.4. The summed E-state index contributed by atoms with van der Waals surface area (Å²) in [6.45, 7) is 4.28. The van der Waals surface area contributed by atoms with E-state index < -0.39 is 13.9 Å². The Hall–Kier alpha value is -0.920. The number of carbonyl (C=O) groups is 1. The predicted molar refractivity (Wildman–Crippen MR) is 215 cm³/mol. The van der Waals surface area contributed by atoms with Gasteiger partial charge in [-0.15, -0.1) is 0 Å². The fourth-order valence-electron chi connectivity index (χ4n) is 6.32. The summed E-state index contributed by atoms with van der Waals surface area (Å²) in [6.07, 6.45) is 43.2. The maximum absolute atomic E-state index is 12.6. The predicted octanol–water partition coefficient (Wildman–Crippen LogP) is 13.0. The number of phosphoric ester groups is 1. The van der Waals surface area contributed by atoms with E-state index in [2.05, 4.69) is 13.8 Å². The smallest absolute Gasteiger partial charge is 0.472 e. The largest absolute Gasteiger partial charge is 0.498 e. The lowest BCUT2D eigenvalue weighted by molar-refractivity contribution is -0.153. The molecule has 0 aromatic rings. The molecule has 0 saturated heterocycles. The van der Waals surface area contributed by atoms with Crippen LogP contribution >= 0.6 is 7.82 Å². The second-order valence-electron chi connectivity index (χ2n) is 14.6. The van der Waals surface area contributed by atoms with E-state index in [4.69, 9.17) is 24.3 Å². The van der Waals surface area contributed by atoms with Crippen LogP contribution in [-0.4, -0.2) is 43.3 Å². The van der Waals surface area contributed by atoms with Gasteiger partial charge in [0.15, 0.2) is 6.10 Å². The normalized spacial score (nSPS) is 13.5. The molecule has 0 bridgehead atoms. The first kappa shape index (κ1) is 50.1. The average molecular weight is 746 g/mol. The summed E-state index contributed by atoms with van der Waals surface area (Å²) in [5.41, 5.74) is 5.36. The van der Waals surface area contributed by atoms with Crippen LogP contribution in [0.15, 0.2) is 12.3 Å². The van der Waals surface area contributed by atoms with Gasteiger partial charge >= 0.3 is 13.8 Å². The molecule has 2 atom stereocenters. The Morgan fingerprint density at radius 3 is 1.39 bits per heavy atom. The van der Waals surface area contributed by atoms with Crippen molar-refractivity contribution in [1.29, 1.82) is 0 Å². The molecule has 0 amide bonds. The quantitative estimate of drug-likeness (QED) is 0.0274. The average Bonchev–Trinajstić information content (AvgIpc) is 3.12. The van der Waals surface area contributed by atoms with Gasteiger partial charge in [-0.1, -0.05) is 194 Å². The Labute approximate surface area is 315 Å². The molecule has 0 aliphatic heterocycles. The molecule has 0 aliphatic carbocycles. The Balaban J connectivity index is 4.04. The molecule has 1 unspecified atom stereocenters.